The Morgan fingerprint density at radius 2 is 2.12 bits per heavy atom. The van der Waals surface area contributed by atoms with Crippen LogP contribution in [-0.2, 0) is 0 Å². The van der Waals surface area contributed by atoms with Gasteiger partial charge in [0, 0.05) is 0 Å². The van der Waals surface area contributed by atoms with Crippen LogP contribution < -0.4 is 14.2 Å². The zero-order valence-electron chi connectivity index (χ0n) is 9.32. The molecule has 1 unspecified atom stereocenters. The summed E-state index contributed by atoms with van der Waals surface area (Å²) in [5, 5.41) is 8.89. The molecule has 0 saturated heterocycles. The smallest absolute Gasteiger partial charge is 0.203 e. The quantitative estimate of drug-likeness (QED) is 0.764. The molecule has 1 atom stereocenters. The molecule has 4 nitrogen and oxygen atoms in total. The number of methoxy groups -OCH3 is 1. The van der Waals surface area contributed by atoms with Crippen LogP contribution in [0.4, 0.5) is 0 Å². The third-order valence-corrected chi connectivity index (χ3v) is 2.54. The highest BCUT2D eigenvalue weighted by Crippen LogP contribution is 2.41. The molecule has 2 rings (SSSR count). The van der Waals surface area contributed by atoms with Gasteiger partial charge in [0.25, 0.3) is 0 Å². The average molecular weight is 219 g/mol. The van der Waals surface area contributed by atoms with E-state index in [-0.39, 0.29) is 5.92 Å². The van der Waals surface area contributed by atoms with E-state index in [0.29, 0.717) is 30.5 Å². The van der Waals surface area contributed by atoms with Crippen LogP contribution in [-0.4, -0.2) is 20.3 Å². The lowest BCUT2D eigenvalue weighted by Crippen LogP contribution is -2.16. The second-order valence-electron chi connectivity index (χ2n) is 3.60. The highest BCUT2D eigenvalue weighted by Gasteiger charge is 2.20. The van der Waals surface area contributed by atoms with Gasteiger partial charge in [-0.05, 0) is 24.6 Å². The van der Waals surface area contributed by atoms with Crippen molar-refractivity contribution in [2.24, 2.45) is 0 Å². The van der Waals surface area contributed by atoms with Crippen LogP contribution in [0.25, 0.3) is 0 Å². The first-order valence-electron chi connectivity index (χ1n) is 5.13. The van der Waals surface area contributed by atoms with Gasteiger partial charge < -0.3 is 14.2 Å². The Morgan fingerprint density at radius 1 is 1.38 bits per heavy atom. The minimum absolute atomic E-state index is 0.190. The first kappa shape index (κ1) is 10.6. The average Bonchev–Trinajstić information content (AvgIpc) is 2.36. The van der Waals surface area contributed by atoms with Crippen LogP contribution in [0.5, 0.6) is 17.2 Å². The molecule has 0 aliphatic carbocycles. The number of hydrogen-bond acceptors (Lipinski definition) is 4. The van der Waals surface area contributed by atoms with E-state index >= 15 is 0 Å². The Morgan fingerprint density at radius 3 is 2.81 bits per heavy atom. The van der Waals surface area contributed by atoms with Gasteiger partial charge in [0.1, 0.15) is 13.2 Å². The monoisotopic (exact) mass is 219 g/mol. The maximum absolute atomic E-state index is 8.89. The molecule has 0 saturated carbocycles. The Labute approximate surface area is 94.3 Å². The summed E-state index contributed by atoms with van der Waals surface area (Å²) in [5.41, 5.74) is 0.878. The van der Waals surface area contributed by atoms with Crippen molar-refractivity contribution >= 4 is 0 Å². The van der Waals surface area contributed by atoms with E-state index in [0.717, 1.165) is 5.56 Å². The fourth-order valence-electron chi connectivity index (χ4n) is 1.62. The van der Waals surface area contributed by atoms with Gasteiger partial charge in [-0.15, -0.1) is 0 Å². The topological polar surface area (TPSA) is 51.5 Å². The SMILES string of the molecule is COc1cc(C(C)C#N)cc2c1OCCO2. The molecular formula is C12H13NO3. The molecule has 4 heteroatoms. The van der Waals surface area contributed by atoms with Crippen LogP contribution in [0.1, 0.15) is 18.4 Å². The lowest BCUT2D eigenvalue weighted by atomic mass is 10.0. The largest absolute Gasteiger partial charge is 0.493 e. The third-order valence-electron chi connectivity index (χ3n) is 2.54. The second kappa shape index (κ2) is 4.31. The van der Waals surface area contributed by atoms with Crippen LogP contribution in [0, 0.1) is 11.3 Å². The summed E-state index contributed by atoms with van der Waals surface area (Å²) in [6.45, 7) is 2.89. The van der Waals surface area contributed by atoms with Gasteiger partial charge in [0.15, 0.2) is 11.5 Å². The molecule has 1 aromatic rings. The summed E-state index contributed by atoms with van der Waals surface area (Å²) in [6, 6.07) is 5.85. The minimum atomic E-state index is -0.190. The summed E-state index contributed by atoms with van der Waals surface area (Å²) in [5.74, 6) is 1.71. The van der Waals surface area contributed by atoms with Crippen LogP contribution in [0.3, 0.4) is 0 Å². The molecule has 0 N–H and O–H groups in total. The zero-order valence-corrected chi connectivity index (χ0v) is 9.32. The first-order valence-corrected chi connectivity index (χ1v) is 5.13. The molecule has 16 heavy (non-hydrogen) atoms. The van der Waals surface area contributed by atoms with Crippen molar-refractivity contribution in [3.8, 4) is 23.3 Å². The van der Waals surface area contributed by atoms with E-state index in [1.54, 1.807) is 7.11 Å². The molecule has 0 radical (unpaired) electrons. The lowest BCUT2D eigenvalue weighted by molar-refractivity contribution is 0.165. The molecule has 1 aliphatic rings. The summed E-state index contributed by atoms with van der Waals surface area (Å²) >= 11 is 0. The molecular weight excluding hydrogens is 206 g/mol. The van der Waals surface area contributed by atoms with Crippen molar-refractivity contribution in [1.82, 2.24) is 0 Å². The van der Waals surface area contributed by atoms with E-state index in [4.69, 9.17) is 19.5 Å². The number of rotatable bonds is 2. The van der Waals surface area contributed by atoms with Gasteiger partial charge in [-0.3, -0.25) is 0 Å². The van der Waals surface area contributed by atoms with Crippen LogP contribution in [0.15, 0.2) is 12.1 Å². The standard InChI is InChI=1S/C12H13NO3/c1-8(7-13)9-5-10(14-2)12-11(6-9)15-3-4-16-12/h5-6,8H,3-4H2,1-2H3. The van der Waals surface area contributed by atoms with Gasteiger partial charge in [0.05, 0.1) is 19.1 Å². The Balaban J connectivity index is 2.48. The highest BCUT2D eigenvalue weighted by atomic mass is 16.6. The molecule has 1 aliphatic heterocycles. The molecule has 0 spiro atoms. The fourth-order valence-corrected chi connectivity index (χ4v) is 1.62. The number of hydrogen-bond donors (Lipinski definition) is 0. The molecule has 0 fully saturated rings. The first-order chi connectivity index (χ1) is 7.76. The fraction of sp³-hybridized carbons (Fsp3) is 0.417. The molecule has 0 aromatic heterocycles. The number of benzene rings is 1. The molecule has 1 aromatic carbocycles. The third kappa shape index (κ3) is 1.76. The minimum Gasteiger partial charge on any atom is -0.493 e. The molecule has 0 bridgehead atoms. The van der Waals surface area contributed by atoms with Crippen molar-refractivity contribution in [2.45, 2.75) is 12.8 Å². The number of ether oxygens (including phenoxy) is 3. The highest BCUT2D eigenvalue weighted by molar-refractivity contribution is 5.55. The van der Waals surface area contributed by atoms with Crippen molar-refractivity contribution in [2.75, 3.05) is 20.3 Å². The van der Waals surface area contributed by atoms with Gasteiger partial charge in [-0.2, -0.15) is 5.26 Å². The van der Waals surface area contributed by atoms with Gasteiger partial charge in [-0.25, -0.2) is 0 Å². The normalized spacial score (nSPS) is 15.1. The van der Waals surface area contributed by atoms with Crippen molar-refractivity contribution in [3.63, 3.8) is 0 Å². The maximum atomic E-state index is 8.89. The van der Waals surface area contributed by atoms with E-state index in [1.165, 1.54) is 0 Å². The Kier molecular flexibility index (Phi) is 2.86. The second-order valence-corrected chi connectivity index (χ2v) is 3.60. The van der Waals surface area contributed by atoms with E-state index in [9.17, 15) is 0 Å². The summed E-state index contributed by atoms with van der Waals surface area (Å²) < 4.78 is 16.2. The Hall–Kier alpha value is -1.89. The molecule has 1 heterocycles. The number of nitriles is 1. The number of nitrogens with zero attached hydrogens (tertiary/aromatic N) is 1. The van der Waals surface area contributed by atoms with Crippen LogP contribution in [0.2, 0.25) is 0 Å². The van der Waals surface area contributed by atoms with Gasteiger partial charge in [-0.1, -0.05) is 0 Å². The maximum Gasteiger partial charge on any atom is 0.203 e. The van der Waals surface area contributed by atoms with Gasteiger partial charge >= 0.3 is 0 Å². The van der Waals surface area contributed by atoms with E-state index < -0.39 is 0 Å². The summed E-state index contributed by atoms with van der Waals surface area (Å²) in [6.07, 6.45) is 0. The van der Waals surface area contributed by atoms with Crippen LogP contribution >= 0.6 is 0 Å². The molecule has 84 valence electrons. The van der Waals surface area contributed by atoms with E-state index in [2.05, 4.69) is 6.07 Å². The Bertz CT molecular complexity index is 419. The molecule has 0 amide bonds. The van der Waals surface area contributed by atoms with Crippen molar-refractivity contribution in [3.05, 3.63) is 17.7 Å². The van der Waals surface area contributed by atoms with Crippen molar-refractivity contribution in [1.29, 1.82) is 5.26 Å². The summed E-state index contributed by atoms with van der Waals surface area (Å²) in [4.78, 5) is 0. The van der Waals surface area contributed by atoms with Gasteiger partial charge in [0.2, 0.25) is 5.75 Å². The lowest BCUT2D eigenvalue weighted by Gasteiger charge is -2.21. The van der Waals surface area contributed by atoms with E-state index in [1.807, 2.05) is 19.1 Å². The van der Waals surface area contributed by atoms with Crippen molar-refractivity contribution < 1.29 is 14.2 Å². The predicted octanol–water partition coefficient (Wildman–Crippen LogP) is 2.09. The number of fused-ring (bicyclic) bond motifs is 1. The summed E-state index contributed by atoms with van der Waals surface area (Å²) in [7, 11) is 1.58. The predicted molar refractivity (Wildman–Crippen MR) is 58.0 cm³/mol. The zero-order chi connectivity index (χ0) is 11.5.